The van der Waals surface area contributed by atoms with Crippen LogP contribution in [-0.2, 0) is 4.74 Å². The van der Waals surface area contributed by atoms with E-state index in [2.05, 4.69) is 27.7 Å². The summed E-state index contributed by atoms with van der Waals surface area (Å²) in [4.78, 5) is 0. The van der Waals surface area contributed by atoms with Gasteiger partial charge in [0.25, 0.3) is 0 Å². The molecule has 19 heavy (non-hydrogen) atoms. The minimum absolute atomic E-state index is 0.174. The van der Waals surface area contributed by atoms with Crippen LogP contribution in [0, 0.1) is 18.7 Å². The van der Waals surface area contributed by atoms with Gasteiger partial charge in [-0.25, -0.2) is 4.39 Å². The molecule has 2 unspecified atom stereocenters. The van der Waals surface area contributed by atoms with Crippen molar-refractivity contribution in [2.24, 2.45) is 11.7 Å². The Morgan fingerprint density at radius 3 is 2.47 bits per heavy atom. The molecule has 1 saturated heterocycles. The van der Waals surface area contributed by atoms with E-state index in [1.165, 1.54) is 6.07 Å². The molecule has 3 heteroatoms. The van der Waals surface area contributed by atoms with Crippen LogP contribution in [0.1, 0.15) is 51.3 Å². The number of hydrogen-bond donors (Lipinski definition) is 1. The SMILES string of the molecule is Cc1ccc(F)cc1C(N)C1CC(C)(C)OC1(C)C. The van der Waals surface area contributed by atoms with E-state index in [9.17, 15) is 4.39 Å². The van der Waals surface area contributed by atoms with E-state index in [-0.39, 0.29) is 29.0 Å². The van der Waals surface area contributed by atoms with Crippen LogP contribution in [0.3, 0.4) is 0 Å². The van der Waals surface area contributed by atoms with Gasteiger partial charge in [0.1, 0.15) is 5.82 Å². The summed E-state index contributed by atoms with van der Waals surface area (Å²) in [6, 6.07) is 4.62. The van der Waals surface area contributed by atoms with Crippen molar-refractivity contribution < 1.29 is 9.13 Å². The first-order chi connectivity index (χ1) is 8.62. The molecule has 1 aliphatic rings. The topological polar surface area (TPSA) is 35.2 Å². The third-order valence-corrected chi connectivity index (χ3v) is 4.18. The monoisotopic (exact) mass is 265 g/mol. The van der Waals surface area contributed by atoms with Crippen molar-refractivity contribution in [2.45, 2.75) is 58.3 Å². The first-order valence-corrected chi connectivity index (χ1v) is 6.84. The van der Waals surface area contributed by atoms with E-state index in [4.69, 9.17) is 10.5 Å². The van der Waals surface area contributed by atoms with Gasteiger partial charge >= 0.3 is 0 Å². The van der Waals surface area contributed by atoms with E-state index >= 15 is 0 Å². The van der Waals surface area contributed by atoms with Crippen molar-refractivity contribution in [1.29, 1.82) is 0 Å². The molecular weight excluding hydrogens is 241 g/mol. The molecule has 0 saturated carbocycles. The molecule has 1 aliphatic heterocycles. The van der Waals surface area contributed by atoms with Gasteiger partial charge in [0.05, 0.1) is 11.2 Å². The Bertz CT molecular complexity index is 482. The summed E-state index contributed by atoms with van der Waals surface area (Å²) >= 11 is 0. The molecule has 106 valence electrons. The Morgan fingerprint density at radius 2 is 1.95 bits per heavy atom. The van der Waals surface area contributed by atoms with Gasteiger partial charge < -0.3 is 10.5 Å². The van der Waals surface area contributed by atoms with Gasteiger partial charge in [-0.15, -0.1) is 0 Å². The highest BCUT2D eigenvalue weighted by atomic mass is 19.1. The number of nitrogens with two attached hydrogens (primary N) is 1. The molecule has 1 heterocycles. The highest BCUT2D eigenvalue weighted by Gasteiger charge is 2.48. The maximum absolute atomic E-state index is 13.5. The Balaban J connectivity index is 2.34. The van der Waals surface area contributed by atoms with Crippen molar-refractivity contribution in [3.63, 3.8) is 0 Å². The molecule has 0 bridgehead atoms. The predicted molar refractivity (Wildman–Crippen MR) is 75.4 cm³/mol. The zero-order valence-electron chi connectivity index (χ0n) is 12.5. The van der Waals surface area contributed by atoms with Crippen LogP contribution in [0.25, 0.3) is 0 Å². The van der Waals surface area contributed by atoms with E-state index in [1.54, 1.807) is 12.1 Å². The van der Waals surface area contributed by atoms with Gasteiger partial charge in [-0.3, -0.25) is 0 Å². The maximum Gasteiger partial charge on any atom is 0.123 e. The van der Waals surface area contributed by atoms with Crippen LogP contribution in [0.15, 0.2) is 18.2 Å². The van der Waals surface area contributed by atoms with Crippen molar-refractivity contribution in [3.8, 4) is 0 Å². The molecule has 1 aromatic rings. The smallest absolute Gasteiger partial charge is 0.123 e. The van der Waals surface area contributed by atoms with Gasteiger partial charge in [0.2, 0.25) is 0 Å². The fourth-order valence-corrected chi connectivity index (χ4v) is 3.35. The molecule has 1 fully saturated rings. The summed E-state index contributed by atoms with van der Waals surface area (Å²) in [5.74, 6) is -0.0463. The lowest BCUT2D eigenvalue weighted by Crippen LogP contribution is -2.36. The molecule has 0 amide bonds. The summed E-state index contributed by atoms with van der Waals surface area (Å²) in [7, 11) is 0. The van der Waals surface area contributed by atoms with Crippen molar-refractivity contribution in [2.75, 3.05) is 0 Å². The third kappa shape index (κ3) is 2.82. The van der Waals surface area contributed by atoms with E-state index < -0.39 is 0 Å². The lowest BCUT2D eigenvalue weighted by molar-refractivity contribution is -0.0767. The number of rotatable bonds is 2. The summed E-state index contributed by atoms with van der Waals surface area (Å²) in [5, 5.41) is 0. The van der Waals surface area contributed by atoms with E-state index in [0.29, 0.717) is 0 Å². The van der Waals surface area contributed by atoms with E-state index in [1.807, 2.05) is 6.92 Å². The molecule has 2 rings (SSSR count). The fourth-order valence-electron chi connectivity index (χ4n) is 3.35. The Morgan fingerprint density at radius 1 is 1.32 bits per heavy atom. The molecular formula is C16H24FNO. The normalized spacial score (nSPS) is 26.4. The summed E-state index contributed by atoms with van der Waals surface area (Å²) in [5.41, 5.74) is 7.88. The van der Waals surface area contributed by atoms with Crippen molar-refractivity contribution in [3.05, 3.63) is 35.1 Å². The Hall–Kier alpha value is -0.930. The highest BCUT2D eigenvalue weighted by Crippen LogP contribution is 2.47. The Kier molecular flexibility index (Phi) is 3.48. The summed E-state index contributed by atoms with van der Waals surface area (Å²) in [6.07, 6.45) is 0.886. The molecule has 0 spiro atoms. The summed E-state index contributed by atoms with van der Waals surface area (Å²) in [6.45, 7) is 10.3. The predicted octanol–water partition coefficient (Wildman–Crippen LogP) is 3.73. The molecule has 0 aliphatic carbocycles. The van der Waals surface area contributed by atoms with Crippen LogP contribution in [-0.4, -0.2) is 11.2 Å². The second-order valence-corrected chi connectivity index (χ2v) is 6.80. The lowest BCUT2D eigenvalue weighted by atomic mass is 9.78. The molecule has 2 N–H and O–H groups in total. The van der Waals surface area contributed by atoms with Gasteiger partial charge in [-0.1, -0.05) is 6.07 Å². The zero-order chi connectivity index (χ0) is 14.4. The second-order valence-electron chi connectivity index (χ2n) is 6.80. The van der Waals surface area contributed by atoms with E-state index in [0.717, 1.165) is 17.5 Å². The van der Waals surface area contributed by atoms with Gasteiger partial charge in [-0.2, -0.15) is 0 Å². The molecule has 2 nitrogen and oxygen atoms in total. The second kappa shape index (κ2) is 4.57. The maximum atomic E-state index is 13.5. The third-order valence-electron chi connectivity index (χ3n) is 4.18. The number of ether oxygens (including phenoxy) is 1. The first kappa shape index (κ1) is 14.5. The van der Waals surface area contributed by atoms with Crippen LogP contribution >= 0.6 is 0 Å². The number of hydrogen-bond acceptors (Lipinski definition) is 2. The van der Waals surface area contributed by atoms with Gasteiger partial charge in [-0.05, 0) is 64.3 Å². The molecule has 0 radical (unpaired) electrons. The molecule has 1 aromatic carbocycles. The summed E-state index contributed by atoms with van der Waals surface area (Å²) < 4.78 is 19.5. The highest BCUT2D eigenvalue weighted by molar-refractivity contribution is 5.30. The average molecular weight is 265 g/mol. The quantitative estimate of drug-likeness (QED) is 0.884. The largest absolute Gasteiger partial charge is 0.369 e. The molecule has 0 aromatic heterocycles. The van der Waals surface area contributed by atoms with Crippen molar-refractivity contribution in [1.82, 2.24) is 0 Å². The van der Waals surface area contributed by atoms with Gasteiger partial charge in [0.15, 0.2) is 0 Å². The first-order valence-electron chi connectivity index (χ1n) is 6.84. The van der Waals surface area contributed by atoms with Gasteiger partial charge in [0, 0.05) is 12.0 Å². The van der Waals surface area contributed by atoms with Crippen LogP contribution in [0.5, 0.6) is 0 Å². The fraction of sp³-hybridized carbons (Fsp3) is 0.625. The zero-order valence-corrected chi connectivity index (χ0v) is 12.5. The minimum Gasteiger partial charge on any atom is -0.369 e. The lowest BCUT2D eigenvalue weighted by Gasteiger charge is -2.31. The molecule has 2 atom stereocenters. The minimum atomic E-state index is -0.290. The Labute approximate surface area is 115 Å². The number of benzene rings is 1. The van der Waals surface area contributed by atoms with Crippen LogP contribution in [0.2, 0.25) is 0 Å². The van der Waals surface area contributed by atoms with Crippen LogP contribution < -0.4 is 5.73 Å². The number of halogens is 1. The average Bonchev–Trinajstić information content (AvgIpc) is 2.49. The van der Waals surface area contributed by atoms with Crippen LogP contribution in [0.4, 0.5) is 4.39 Å². The van der Waals surface area contributed by atoms with Crippen molar-refractivity contribution >= 4 is 0 Å². The number of aryl methyl sites for hydroxylation is 1. The standard InChI is InChI=1S/C16H24FNO/c1-10-6-7-11(17)8-12(10)14(18)13-9-15(2,3)19-16(13,4)5/h6-8,13-14H,9,18H2,1-5H3.